The molecule has 0 radical (unpaired) electrons. The first-order valence-electron chi connectivity index (χ1n) is 11.6. The van der Waals surface area contributed by atoms with E-state index in [1.165, 1.54) is 4.90 Å². The van der Waals surface area contributed by atoms with Gasteiger partial charge in [-0.25, -0.2) is 0 Å². The average molecular weight is 488 g/mol. The number of nitrogens with one attached hydrogen (secondary N) is 2. The van der Waals surface area contributed by atoms with Crippen LogP contribution in [0.1, 0.15) is 53.7 Å². The number of nitrogens with zero attached hydrogens (tertiary/aromatic N) is 1. The summed E-state index contributed by atoms with van der Waals surface area (Å²) in [7, 11) is 0. The smallest absolute Gasteiger partial charge is 0.313 e. The second kappa shape index (κ2) is 10.4. The standard InChI is InChI=1S/C27H25N3O6/c1-16(2)27(35)36-22-6-4-3-5-18(22)8-11-23(31)28-14-17-7-9-20-19(13-17)15-30(26(20)34)21-10-12-24(32)29-25(21)33/h3-7,9,13,16,21H,10,12,14-15H2,1-2H3,(H,28,31)(H,29,32,33). The van der Waals surface area contributed by atoms with E-state index in [0.29, 0.717) is 23.3 Å². The fourth-order valence-corrected chi connectivity index (χ4v) is 3.97. The molecule has 184 valence electrons. The summed E-state index contributed by atoms with van der Waals surface area (Å²) in [5.74, 6) is 3.29. The predicted octanol–water partition coefficient (Wildman–Crippen LogP) is 1.68. The van der Waals surface area contributed by atoms with Gasteiger partial charge in [-0.05, 0) is 35.7 Å². The summed E-state index contributed by atoms with van der Waals surface area (Å²) in [6, 6.07) is 11.3. The highest BCUT2D eigenvalue weighted by molar-refractivity contribution is 6.05. The van der Waals surface area contributed by atoms with Gasteiger partial charge in [0.1, 0.15) is 11.8 Å². The molecule has 0 spiro atoms. The zero-order chi connectivity index (χ0) is 25.8. The van der Waals surface area contributed by atoms with E-state index in [0.717, 1.165) is 11.1 Å². The van der Waals surface area contributed by atoms with Crippen molar-refractivity contribution in [3.63, 3.8) is 0 Å². The topological polar surface area (TPSA) is 122 Å². The number of benzene rings is 2. The summed E-state index contributed by atoms with van der Waals surface area (Å²) in [5.41, 5.74) is 2.45. The van der Waals surface area contributed by atoms with Crippen LogP contribution in [0.15, 0.2) is 42.5 Å². The fourth-order valence-electron chi connectivity index (χ4n) is 3.97. The molecule has 2 aromatic rings. The number of hydrogen-bond acceptors (Lipinski definition) is 6. The summed E-state index contributed by atoms with van der Waals surface area (Å²) in [4.78, 5) is 62.1. The lowest BCUT2D eigenvalue weighted by Gasteiger charge is -2.29. The van der Waals surface area contributed by atoms with Gasteiger partial charge < -0.3 is 15.0 Å². The first-order valence-corrected chi connectivity index (χ1v) is 11.6. The molecule has 1 fully saturated rings. The zero-order valence-electron chi connectivity index (χ0n) is 19.9. The average Bonchev–Trinajstić information content (AvgIpc) is 3.17. The van der Waals surface area contributed by atoms with Crippen molar-refractivity contribution in [1.29, 1.82) is 0 Å². The van der Waals surface area contributed by atoms with Gasteiger partial charge in [0.2, 0.25) is 11.8 Å². The highest BCUT2D eigenvalue weighted by Gasteiger charge is 2.39. The molecule has 2 heterocycles. The van der Waals surface area contributed by atoms with E-state index in [9.17, 15) is 24.0 Å². The molecule has 2 aliphatic rings. The molecule has 1 unspecified atom stereocenters. The molecule has 9 heteroatoms. The van der Waals surface area contributed by atoms with E-state index in [2.05, 4.69) is 22.5 Å². The number of para-hydroxylation sites is 1. The van der Waals surface area contributed by atoms with E-state index >= 15 is 0 Å². The predicted molar refractivity (Wildman–Crippen MR) is 128 cm³/mol. The number of fused-ring (bicyclic) bond motifs is 1. The Morgan fingerprint density at radius 3 is 2.69 bits per heavy atom. The molecule has 0 saturated carbocycles. The number of rotatable bonds is 5. The van der Waals surface area contributed by atoms with E-state index in [1.54, 1.807) is 50.2 Å². The maximum absolute atomic E-state index is 12.8. The molecular formula is C27H25N3O6. The number of imide groups is 1. The first-order chi connectivity index (χ1) is 17.2. The molecule has 0 aromatic heterocycles. The van der Waals surface area contributed by atoms with E-state index in [1.807, 2.05) is 6.07 Å². The zero-order valence-corrected chi connectivity index (χ0v) is 19.9. The highest BCUT2D eigenvalue weighted by Crippen LogP contribution is 2.28. The summed E-state index contributed by atoms with van der Waals surface area (Å²) < 4.78 is 5.34. The van der Waals surface area contributed by atoms with Gasteiger partial charge in [0.15, 0.2) is 0 Å². The molecule has 2 aromatic carbocycles. The van der Waals surface area contributed by atoms with Crippen LogP contribution in [0.25, 0.3) is 0 Å². The Morgan fingerprint density at radius 2 is 1.94 bits per heavy atom. The molecule has 0 bridgehead atoms. The van der Waals surface area contributed by atoms with Crippen molar-refractivity contribution in [2.24, 2.45) is 5.92 Å². The molecular weight excluding hydrogens is 462 g/mol. The molecule has 1 saturated heterocycles. The summed E-state index contributed by atoms with van der Waals surface area (Å²) in [6.07, 6.45) is 0.491. The Labute approximate surface area is 208 Å². The summed E-state index contributed by atoms with van der Waals surface area (Å²) in [5, 5.41) is 5.00. The van der Waals surface area contributed by atoms with E-state index in [-0.39, 0.29) is 43.2 Å². The second-order valence-corrected chi connectivity index (χ2v) is 8.90. The maximum atomic E-state index is 12.8. The van der Waals surface area contributed by atoms with Gasteiger partial charge >= 0.3 is 5.97 Å². The van der Waals surface area contributed by atoms with Crippen molar-refractivity contribution in [3.8, 4) is 17.6 Å². The Kier molecular flexibility index (Phi) is 7.15. The van der Waals surface area contributed by atoms with Gasteiger partial charge in [-0.3, -0.25) is 29.3 Å². The van der Waals surface area contributed by atoms with Crippen molar-refractivity contribution in [2.45, 2.75) is 45.8 Å². The monoisotopic (exact) mass is 487 g/mol. The van der Waals surface area contributed by atoms with Crippen molar-refractivity contribution in [2.75, 3.05) is 0 Å². The minimum absolute atomic E-state index is 0.192. The fraction of sp³-hybridized carbons (Fsp3) is 0.296. The van der Waals surface area contributed by atoms with Gasteiger partial charge in [-0.2, -0.15) is 0 Å². The van der Waals surface area contributed by atoms with Crippen molar-refractivity contribution in [1.82, 2.24) is 15.5 Å². The quantitative estimate of drug-likeness (QED) is 0.286. The van der Waals surface area contributed by atoms with Gasteiger partial charge in [0.25, 0.3) is 11.8 Å². The van der Waals surface area contributed by atoms with Crippen LogP contribution >= 0.6 is 0 Å². The summed E-state index contributed by atoms with van der Waals surface area (Å²) in [6.45, 7) is 3.90. The number of carbonyl (C=O) groups is 5. The Balaban J connectivity index is 1.38. The molecule has 2 aliphatic heterocycles. The van der Waals surface area contributed by atoms with Gasteiger partial charge in [0, 0.05) is 31.0 Å². The molecule has 2 N–H and O–H groups in total. The van der Waals surface area contributed by atoms with Crippen LogP contribution in [-0.4, -0.2) is 40.5 Å². The highest BCUT2D eigenvalue weighted by atomic mass is 16.5. The molecule has 4 amide bonds. The third kappa shape index (κ3) is 5.44. The van der Waals surface area contributed by atoms with Crippen molar-refractivity contribution < 1.29 is 28.7 Å². The van der Waals surface area contributed by atoms with Crippen LogP contribution in [0.5, 0.6) is 5.75 Å². The number of ether oxygens (including phenoxy) is 1. The van der Waals surface area contributed by atoms with Crippen LogP contribution < -0.4 is 15.4 Å². The first kappa shape index (κ1) is 24.7. The van der Waals surface area contributed by atoms with Crippen LogP contribution in [0, 0.1) is 17.8 Å². The second-order valence-electron chi connectivity index (χ2n) is 8.90. The van der Waals surface area contributed by atoms with E-state index in [4.69, 9.17) is 4.74 Å². The Bertz CT molecular complexity index is 1320. The normalized spacial score (nSPS) is 16.7. The van der Waals surface area contributed by atoms with Crippen molar-refractivity contribution >= 4 is 29.6 Å². The Hall–Kier alpha value is -4.45. The number of carbonyl (C=O) groups excluding carboxylic acids is 5. The van der Waals surface area contributed by atoms with Gasteiger partial charge in [-0.15, -0.1) is 0 Å². The lowest BCUT2D eigenvalue weighted by molar-refractivity contribution is -0.138. The molecule has 0 aliphatic carbocycles. The van der Waals surface area contributed by atoms with Gasteiger partial charge in [0.05, 0.1) is 11.5 Å². The van der Waals surface area contributed by atoms with Crippen LogP contribution in [-0.2, 0) is 32.3 Å². The summed E-state index contributed by atoms with van der Waals surface area (Å²) >= 11 is 0. The molecule has 1 atom stereocenters. The van der Waals surface area contributed by atoms with Crippen molar-refractivity contribution in [3.05, 3.63) is 64.7 Å². The molecule has 36 heavy (non-hydrogen) atoms. The van der Waals surface area contributed by atoms with Crippen LogP contribution in [0.2, 0.25) is 0 Å². The minimum atomic E-state index is -0.677. The minimum Gasteiger partial charge on any atom is -0.425 e. The maximum Gasteiger partial charge on any atom is 0.313 e. The third-order valence-corrected chi connectivity index (χ3v) is 5.92. The third-order valence-electron chi connectivity index (χ3n) is 5.92. The van der Waals surface area contributed by atoms with E-state index < -0.39 is 17.9 Å². The number of amides is 4. The number of esters is 1. The Morgan fingerprint density at radius 1 is 1.17 bits per heavy atom. The molecule has 9 nitrogen and oxygen atoms in total. The number of hydrogen-bond donors (Lipinski definition) is 2. The van der Waals surface area contributed by atoms with Crippen LogP contribution in [0.4, 0.5) is 0 Å². The lowest BCUT2D eigenvalue weighted by Crippen LogP contribution is -2.52. The largest absolute Gasteiger partial charge is 0.425 e. The van der Waals surface area contributed by atoms with Gasteiger partial charge in [-0.1, -0.05) is 44.0 Å². The number of piperidine rings is 1. The lowest BCUT2D eigenvalue weighted by atomic mass is 10.0. The van der Waals surface area contributed by atoms with Crippen LogP contribution in [0.3, 0.4) is 0 Å². The SMILES string of the molecule is CC(C)C(=O)Oc1ccccc1C#CC(=O)NCc1ccc2c(c1)CN(C1CCC(=O)NC1=O)C2=O. The molecule has 4 rings (SSSR count).